The van der Waals surface area contributed by atoms with Gasteiger partial charge < -0.3 is 9.64 Å². The van der Waals surface area contributed by atoms with Crippen molar-refractivity contribution < 1.29 is 27.5 Å². The molecule has 5 nitrogen and oxygen atoms in total. The predicted octanol–water partition coefficient (Wildman–Crippen LogP) is 2.86. The summed E-state index contributed by atoms with van der Waals surface area (Å²) in [4.78, 5) is 29.6. The van der Waals surface area contributed by atoms with Crippen LogP contribution in [0.5, 0.6) is 0 Å². The zero-order chi connectivity index (χ0) is 21.0. The Morgan fingerprint density at radius 2 is 2.03 bits per heavy atom. The van der Waals surface area contributed by atoms with Gasteiger partial charge in [-0.3, -0.25) is 14.5 Å². The molecule has 8 heteroatoms. The van der Waals surface area contributed by atoms with Crippen molar-refractivity contribution in [2.75, 3.05) is 26.2 Å². The minimum atomic E-state index is -4.42. The van der Waals surface area contributed by atoms with E-state index in [4.69, 9.17) is 4.74 Å². The first-order valence-electron chi connectivity index (χ1n) is 10.1. The summed E-state index contributed by atoms with van der Waals surface area (Å²) in [7, 11) is 0. The lowest BCUT2D eigenvalue weighted by atomic mass is 9.79. The van der Waals surface area contributed by atoms with Crippen LogP contribution in [0.2, 0.25) is 0 Å². The molecule has 3 atom stereocenters. The van der Waals surface area contributed by atoms with E-state index >= 15 is 0 Å². The van der Waals surface area contributed by atoms with Gasteiger partial charge in [-0.05, 0) is 36.2 Å². The Kier molecular flexibility index (Phi) is 4.88. The SMILES string of the molecule is CCN1CCC2(C1)OC(=O)C(C)C2C(=O)N1CCc2ccc(C(F)(F)F)cc2C1. The lowest BCUT2D eigenvalue weighted by molar-refractivity contribution is -0.151. The highest BCUT2D eigenvalue weighted by Crippen LogP contribution is 2.45. The summed E-state index contributed by atoms with van der Waals surface area (Å²) < 4.78 is 45.0. The molecule has 0 aliphatic carbocycles. The minimum absolute atomic E-state index is 0.128. The highest BCUT2D eigenvalue weighted by atomic mass is 19.4. The third-order valence-electron chi connectivity index (χ3n) is 6.66. The normalized spacial score (nSPS) is 30.0. The van der Waals surface area contributed by atoms with Crippen molar-refractivity contribution >= 4 is 11.9 Å². The van der Waals surface area contributed by atoms with Gasteiger partial charge in [0.05, 0.1) is 17.4 Å². The number of fused-ring (bicyclic) bond motifs is 1. The second-order valence-corrected chi connectivity index (χ2v) is 8.36. The van der Waals surface area contributed by atoms with E-state index in [2.05, 4.69) is 4.90 Å². The second-order valence-electron chi connectivity index (χ2n) is 8.36. The smallest absolute Gasteiger partial charge is 0.416 e. The molecular formula is C21H25F3N2O3. The molecule has 3 unspecified atom stereocenters. The molecule has 1 spiro atoms. The molecule has 0 radical (unpaired) electrons. The summed E-state index contributed by atoms with van der Waals surface area (Å²) in [6.07, 6.45) is -3.31. The van der Waals surface area contributed by atoms with E-state index in [1.165, 1.54) is 6.07 Å². The van der Waals surface area contributed by atoms with Gasteiger partial charge in [-0.1, -0.05) is 19.9 Å². The molecule has 29 heavy (non-hydrogen) atoms. The largest absolute Gasteiger partial charge is 0.457 e. The van der Waals surface area contributed by atoms with Crippen molar-refractivity contribution in [1.29, 1.82) is 0 Å². The van der Waals surface area contributed by atoms with Gasteiger partial charge in [0.2, 0.25) is 5.91 Å². The van der Waals surface area contributed by atoms with E-state index in [0.29, 0.717) is 31.5 Å². The molecule has 3 aliphatic rings. The van der Waals surface area contributed by atoms with Crippen LogP contribution in [0.4, 0.5) is 13.2 Å². The summed E-state index contributed by atoms with van der Waals surface area (Å²) in [5.74, 6) is -1.71. The van der Waals surface area contributed by atoms with Crippen LogP contribution >= 0.6 is 0 Å². The summed E-state index contributed by atoms with van der Waals surface area (Å²) in [6.45, 7) is 6.40. The van der Waals surface area contributed by atoms with E-state index < -0.39 is 29.2 Å². The van der Waals surface area contributed by atoms with Gasteiger partial charge in [-0.15, -0.1) is 0 Å². The first kappa shape index (κ1) is 20.2. The van der Waals surface area contributed by atoms with Crippen molar-refractivity contribution in [3.63, 3.8) is 0 Å². The van der Waals surface area contributed by atoms with E-state index in [1.807, 2.05) is 6.92 Å². The number of halogens is 3. The number of likely N-dealkylation sites (tertiary alicyclic amines) is 1. The molecule has 0 saturated carbocycles. The van der Waals surface area contributed by atoms with E-state index in [1.54, 1.807) is 11.8 Å². The maximum Gasteiger partial charge on any atom is 0.416 e. The fourth-order valence-electron chi connectivity index (χ4n) is 5.00. The number of benzene rings is 1. The number of nitrogens with zero attached hydrogens (tertiary/aromatic N) is 2. The average Bonchev–Trinajstić information content (AvgIpc) is 3.20. The van der Waals surface area contributed by atoms with Crippen molar-refractivity contribution in [3.8, 4) is 0 Å². The quantitative estimate of drug-likeness (QED) is 0.704. The molecule has 4 rings (SSSR count). The maximum absolute atomic E-state index is 13.5. The first-order valence-corrected chi connectivity index (χ1v) is 10.1. The fraction of sp³-hybridized carbons (Fsp3) is 0.619. The molecule has 1 aromatic rings. The number of carbonyl (C=O) groups is 2. The molecule has 0 aromatic heterocycles. The highest BCUT2D eigenvalue weighted by molar-refractivity contribution is 5.89. The topological polar surface area (TPSA) is 49.9 Å². The number of hydrogen-bond donors (Lipinski definition) is 0. The fourth-order valence-corrected chi connectivity index (χ4v) is 5.00. The highest BCUT2D eigenvalue weighted by Gasteiger charge is 2.60. The summed E-state index contributed by atoms with van der Waals surface area (Å²) >= 11 is 0. The van der Waals surface area contributed by atoms with Crippen LogP contribution in [0, 0.1) is 11.8 Å². The van der Waals surface area contributed by atoms with Crippen LogP contribution in [-0.2, 0) is 33.5 Å². The van der Waals surface area contributed by atoms with Crippen LogP contribution < -0.4 is 0 Å². The molecule has 158 valence electrons. The lowest BCUT2D eigenvalue weighted by Crippen LogP contribution is -2.50. The van der Waals surface area contributed by atoms with Gasteiger partial charge in [0.25, 0.3) is 0 Å². The number of alkyl halides is 3. The number of hydrogen-bond acceptors (Lipinski definition) is 4. The van der Waals surface area contributed by atoms with Crippen LogP contribution in [0.1, 0.15) is 37.0 Å². The molecule has 3 aliphatic heterocycles. The van der Waals surface area contributed by atoms with E-state index in [9.17, 15) is 22.8 Å². The Hall–Kier alpha value is -2.09. The monoisotopic (exact) mass is 410 g/mol. The van der Waals surface area contributed by atoms with Gasteiger partial charge in [0.15, 0.2) is 0 Å². The number of amides is 1. The van der Waals surface area contributed by atoms with Gasteiger partial charge in [0, 0.05) is 32.6 Å². The zero-order valence-electron chi connectivity index (χ0n) is 16.6. The summed E-state index contributed by atoms with van der Waals surface area (Å²) in [5.41, 5.74) is -0.170. The Balaban J connectivity index is 1.59. The van der Waals surface area contributed by atoms with E-state index in [-0.39, 0.29) is 18.4 Å². The maximum atomic E-state index is 13.5. The van der Waals surface area contributed by atoms with Crippen LogP contribution in [0.3, 0.4) is 0 Å². The van der Waals surface area contributed by atoms with Crippen LogP contribution in [0.25, 0.3) is 0 Å². The van der Waals surface area contributed by atoms with Crippen molar-refractivity contribution in [2.24, 2.45) is 11.8 Å². The lowest BCUT2D eigenvalue weighted by Gasteiger charge is -2.36. The summed E-state index contributed by atoms with van der Waals surface area (Å²) in [5, 5.41) is 0. The molecule has 2 saturated heterocycles. The zero-order valence-corrected chi connectivity index (χ0v) is 16.6. The number of ether oxygens (including phenoxy) is 1. The Morgan fingerprint density at radius 3 is 2.69 bits per heavy atom. The third-order valence-corrected chi connectivity index (χ3v) is 6.66. The Labute approximate surface area is 167 Å². The first-order chi connectivity index (χ1) is 13.6. The molecule has 2 fully saturated rings. The number of esters is 1. The molecular weight excluding hydrogens is 385 g/mol. The van der Waals surface area contributed by atoms with Crippen LogP contribution in [0.15, 0.2) is 18.2 Å². The molecule has 0 bridgehead atoms. The number of likely N-dealkylation sites (N-methyl/N-ethyl adjacent to an activating group) is 1. The van der Waals surface area contributed by atoms with Gasteiger partial charge in [0.1, 0.15) is 5.60 Å². The van der Waals surface area contributed by atoms with Crippen molar-refractivity contribution in [3.05, 3.63) is 34.9 Å². The second kappa shape index (κ2) is 7.00. The van der Waals surface area contributed by atoms with Gasteiger partial charge >= 0.3 is 12.1 Å². The third kappa shape index (κ3) is 3.41. The van der Waals surface area contributed by atoms with E-state index in [0.717, 1.165) is 30.8 Å². The molecule has 3 heterocycles. The Morgan fingerprint density at radius 1 is 1.28 bits per heavy atom. The minimum Gasteiger partial charge on any atom is -0.457 e. The standard InChI is InChI=1S/C21H25F3N2O3/c1-3-25-9-7-20(12-25)17(13(2)19(28)29-20)18(27)26-8-6-14-4-5-16(21(22,23)24)10-15(14)11-26/h4-5,10,13,17H,3,6-9,11-12H2,1-2H3. The molecule has 1 amide bonds. The molecule has 0 N–H and O–H groups in total. The van der Waals surface area contributed by atoms with Gasteiger partial charge in [-0.25, -0.2) is 0 Å². The number of carbonyl (C=O) groups excluding carboxylic acids is 2. The predicted molar refractivity (Wildman–Crippen MR) is 98.8 cm³/mol. The van der Waals surface area contributed by atoms with Gasteiger partial charge in [-0.2, -0.15) is 13.2 Å². The summed E-state index contributed by atoms with van der Waals surface area (Å²) in [6, 6.07) is 3.73. The van der Waals surface area contributed by atoms with Crippen molar-refractivity contribution in [2.45, 2.75) is 45.0 Å². The van der Waals surface area contributed by atoms with Crippen LogP contribution in [-0.4, -0.2) is 53.5 Å². The number of rotatable bonds is 2. The average molecular weight is 410 g/mol. The Bertz CT molecular complexity index is 841. The van der Waals surface area contributed by atoms with Crippen molar-refractivity contribution in [1.82, 2.24) is 9.80 Å². The molecule has 1 aromatic carbocycles.